The van der Waals surface area contributed by atoms with Gasteiger partial charge in [0.1, 0.15) is 18.0 Å². The van der Waals surface area contributed by atoms with Gasteiger partial charge in [0.25, 0.3) is 0 Å². The molecule has 1 heterocycles. The van der Waals surface area contributed by atoms with Gasteiger partial charge in [-0.25, -0.2) is 4.79 Å². The van der Waals surface area contributed by atoms with Gasteiger partial charge in [0.2, 0.25) is 0 Å². The Hall–Kier alpha value is -3.65. The minimum atomic E-state index is -1.55. The first-order valence-electron chi connectivity index (χ1n) is 9.37. The number of phenolic OH excluding ortho intramolecular Hbond substituents is 1. The van der Waals surface area contributed by atoms with E-state index in [1.54, 1.807) is 30.3 Å². The van der Waals surface area contributed by atoms with Gasteiger partial charge in [-0.2, -0.15) is 0 Å². The lowest BCUT2D eigenvalue weighted by molar-refractivity contribution is -0.146. The number of aliphatic hydroxyl groups is 1. The van der Waals surface area contributed by atoms with Crippen LogP contribution in [-0.4, -0.2) is 44.1 Å². The summed E-state index contributed by atoms with van der Waals surface area (Å²) in [6.45, 7) is 1.17. The minimum absolute atomic E-state index is 0.000603. The Morgan fingerprint density at radius 3 is 2.39 bits per heavy atom. The second-order valence-electron chi connectivity index (χ2n) is 7.00. The maximum absolute atomic E-state index is 12.1. The molecular weight excluding hydrogens is 404 g/mol. The van der Waals surface area contributed by atoms with Crippen LogP contribution in [0.4, 0.5) is 0 Å². The molecule has 0 aliphatic carbocycles. The van der Waals surface area contributed by atoms with Crippen molar-refractivity contribution in [2.75, 3.05) is 27.9 Å². The molecular formula is C23H24O8. The normalized spacial score (nSPS) is 13.2. The molecule has 3 aromatic rings. The van der Waals surface area contributed by atoms with Crippen molar-refractivity contribution in [1.82, 2.24) is 0 Å². The number of esters is 1. The van der Waals surface area contributed by atoms with E-state index in [1.165, 1.54) is 46.5 Å². The number of carbonyl (C=O) groups is 1. The average Bonchev–Trinajstić information content (AvgIpc) is 3.20. The summed E-state index contributed by atoms with van der Waals surface area (Å²) >= 11 is 0. The zero-order valence-corrected chi connectivity index (χ0v) is 17.7. The van der Waals surface area contributed by atoms with Crippen LogP contribution < -0.4 is 14.2 Å². The fourth-order valence-electron chi connectivity index (χ4n) is 2.92. The van der Waals surface area contributed by atoms with E-state index in [0.717, 1.165) is 0 Å². The predicted molar refractivity (Wildman–Crippen MR) is 114 cm³/mol. The summed E-state index contributed by atoms with van der Waals surface area (Å²) in [5.41, 5.74) is -0.413. The van der Waals surface area contributed by atoms with Gasteiger partial charge in [-0.15, -0.1) is 0 Å². The van der Waals surface area contributed by atoms with Crippen LogP contribution in [0.3, 0.4) is 0 Å². The van der Waals surface area contributed by atoms with Crippen LogP contribution in [0.25, 0.3) is 17.0 Å². The second kappa shape index (κ2) is 9.01. The molecule has 0 aliphatic heterocycles. The largest absolute Gasteiger partial charge is 0.504 e. The number of benzene rings is 2. The highest BCUT2D eigenvalue weighted by Crippen LogP contribution is 2.36. The smallest absolute Gasteiger partial charge is 0.330 e. The summed E-state index contributed by atoms with van der Waals surface area (Å²) in [6.07, 6.45) is 2.73. The molecule has 1 unspecified atom stereocenters. The second-order valence-corrected chi connectivity index (χ2v) is 7.00. The van der Waals surface area contributed by atoms with Crippen molar-refractivity contribution in [2.45, 2.75) is 12.5 Å². The Morgan fingerprint density at radius 2 is 1.71 bits per heavy atom. The maximum atomic E-state index is 12.1. The standard InChI is InChI=1S/C23H24O8/c1-23(26,21-11-15-10-19(28-3)20(29-4)12-17(15)31-21)13-30-22(25)8-6-14-5-7-16(24)18(9-14)27-2/h5-12,24,26H,13H2,1-4H3/b8-6+. The van der Waals surface area contributed by atoms with Gasteiger partial charge in [-0.1, -0.05) is 6.07 Å². The molecule has 0 bridgehead atoms. The summed E-state index contributed by atoms with van der Waals surface area (Å²) in [5.74, 6) is 0.906. The molecule has 3 rings (SSSR count). The molecule has 0 fully saturated rings. The lowest BCUT2D eigenvalue weighted by atomic mass is 10.0. The SMILES string of the molecule is COc1cc(/C=C/C(=O)OCC(C)(O)c2cc3cc(OC)c(OC)cc3o2)ccc1O. The Bertz CT molecular complexity index is 1070. The van der Waals surface area contributed by atoms with Crippen LogP contribution in [0.15, 0.2) is 46.9 Å². The van der Waals surface area contributed by atoms with Crippen molar-refractivity contribution in [2.24, 2.45) is 0 Å². The van der Waals surface area contributed by atoms with Crippen LogP contribution in [0, 0.1) is 0 Å². The third-order valence-electron chi connectivity index (χ3n) is 4.66. The molecule has 0 aliphatic rings. The van der Waals surface area contributed by atoms with Crippen molar-refractivity contribution in [3.63, 3.8) is 0 Å². The van der Waals surface area contributed by atoms with Gasteiger partial charge in [0, 0.05) is 17.5 Å². The highest BCUT2D eigenvalue weighted by atomic mass is 16.5. The zero-order chi connectivity index (χ0) is 22.6. The molecule has 8 nitrogen and oxygen atoms in total. The van der Waals surface area contributed by atoms with Crippen LogP contribution >= 0.6 is 0 Å². The van der Waals surface area contributed by atoms with E-state index < -0.39 is 11.6 Å². The fourth-order valence-corrected chi connectivity index (χ4v) is 2.92. The van der Waals surface area contributed by atoms with Crippen LogP contribution in [0.1, 0.15) is 18.2 Å². The molecule has 31 heavy (non-hydrogen) atoms. The number of carbonyl (C=O) groups excluding carboxylic acids is 1. The number of ether oxygens (including phenoxy) is 4. The van der Waals surface area contributed by atoms with E-state index in [2.05, 4.69) is 0 Å². The number of rotatable bonds is 8. The van der Waals surface area contributed by atoms with E-state index >= 15 is 0 Å². The molecule has 0 spiro atoms. The van der Waals surface area contributed by atoms with Gasteiger partial charge in [0.15, 0.2) is 28.6 Å². The van der Waals surface area contributed by atoms with Crippen molar-refractivity contribution in [3.05, 3.63) is 53.8 Å². The maximum Gasteiger partial charge on any atom is 0.330 e. The van der Waals surface area contributed by atoms with Gasteiger partial charge in [0.05, 0.1) is 21.3 Å². The predicted octanol–water partition coefficient (Wildman–Crippen LogP) is 3.63. The highest BCUT2D eigenvalue weighted by molar-refractivity contribution is 5.87. The number of phenols is 1. The molecule has 2 N–H and O–H groups in total. The third kappa shape index (κ3) is 4.92. The van der Waals surface area contributed by atoms with E-state index in [-0.39, 0.29) is 23.9 Å². The minimum Gasteiger partial charge on any atom is -0.504 e. The summed E-state index contributed by atoms with van der Waals surface area (Å²) in [7, 11) is 4.48. The molecule has 0 radical (unpaired) electrons. The molecule has 1 atom stereocenters. The van der Waals surface area contributed by atoms with E-state index in [4.69, 9.17) is 23.4 Å². The summed E-state index contributed by atoms with van der Waals surface area (Å²) in [5, 5.41) is 21.1. The third-order valence-corrected chi connectivity index (χ3v) is 4.66. The molecule has 8 heteroatoms. The zero-order valence-electron chi connectivity index (χ0n) is 17.7. The van der Waals surface area contributed by atoms with Crippen LogP contribution in [0.2, 0.25) is 0 Å². The summed E-state index contributed by atoms with van der Waals surface area (Å²) in [4.78, 5) is 12.1. The number of aromatic hydroxyl groups is 1. The quantitative estimate of drug-likeness (QED) is 0.414. The molecule has 2 aromatic carbocycles. The average molecular weight is 428 g/mol. The van der Waals surface area contributed by atoms with Crippen molar-refractivity contribution in [1.29, 1.82) is 0 Å². The van der Waals surface area contributed by atoms with E-state index in [0.29, 0.717) is 28.0 Å². The Kier molecular flexibility index (Phi) is 6.41. The molecule has 1 aromatic heterocycles. The Balaban J connectivity index is 1.69. The monoisotopic (exact) mass is 428 g/mol. The van der Waals surface area contributed by atoms with Gasteiger partial charge in [-0.05, 0) is 42.8 Å². The molecule has 0 amide bonds. The lowest BCUT2D eigenvalue weighted by Gasteiger charge is -2.19. The first-order chi connectivity index (χ1) is 14.8. The van der Waals surface area contributed by atoms with E-state index in [1.807, 2.05) is 0 Å². The Labute approximate surface area is 179 Å². The number of fused-ring (bicyclic) bond motifs is 1. The topological polar surface area (TPSA) is 108 Å². The number of hydrogen-bond acceptors (Lipinski definition) is 8. The fraction of sp³-hybridized carbons (Fsp3) is 0.261. The van der Waals surface area contributed by atoms with Crippen molar-refractivity contribution >= 4 is 23.0 Å². The Morgan fingerprint density at radius 1 is 1.03 bits per heavy atom. The first-order valence-corrected chi connectivity index (χ1v) is 9.37. The number of hydrogen-bond donors (Lipinski definition) is 2. The van der Waals surface area contributed by atoms with Crippen LogP contribution in [0.5, 0.6) is 23.0 Å². The summed E-state index contributed by atoms with van der Waals surface area (Å²) in [6, 6.07) is 9.71. The van der Waals surface area contributed by atoms with Gasteiger partial charge >= 0.3 is 5.97 Å². The van der Waals surface area contributed by atoms with Crippen molar-refractivity contribution < 1.29 is 38.4 Å². The summed E-state index contributed by atoms with van der Waals surface area (Å²) < 4.78 is 26.5. The lowest BCUT2D eigenvalue weighted by Crippen LogP contribution is -2.28. The van der Waals surface area contributed by atoms with Gasteiger partial charge < -0.3 is 33.6 Å². The molecule has 164 valence electrons. The van der Waals surface area contributed by atoms with Crippen molar-refractivity contribution in [3.8, 4) is 23.0 Å². The van der Waals surface area contributed by atoms with E-state index in [9.17, 15) is 15.0 Å². The number of furan rings is 1. The molecule has 0 saturated carbocycles. The number of methoxy groups -OCH3 is 3. The highest BCUT2D eigenvalue weighted by Gasteiger charge is 2.29. The van der Waals surface area contributed by atoms with Gasteiger partial charge in [-0.3, -0.25) is 0 Å². The first kappa shape index (κ1) is 22.0. The molecule has 0 saturated heterocycles. The van der Waals surface area contributed by atoms with Crippen LogP contribution in [-0.2, 0) is 15.1 Å².